The topological polar surface area (TPSA) is 76.0 Å². The van der Waals surface area contributed by atoms with Gasteiger partial charge >= 0.3 is 0 Å². The number of amides is 2. The zero-order valence-electron chi connectivity index (χ0n) is 17.4. The quantitative estimate of drug-likeness (QED) is 0.548. The summed E-state index contributed by atoms with van der Waals surface area (Å²) in [7, 11) is 0. The Bertz CT molecular complexity index is 1060. The van der Waals surface area contributed by atoms with Crippen LogP contribution in [0.3, 0.4) is 0 Å². The van der Waals surface area contributed by atoms with Gasteiger partial charge in [-0.3, -0.25) is 9.59 Å². The molecule has 0 saturated carbocycles. The predicted molar refractivity (Wildman–Crippen MR) is 121 cm³/mol. The molecule has 2 aromatic carbocycles. The van der Waals surface area contributed by atoms with E-state index >= 15 is 0 Å². The number of nitrogens with one attached hydrogen (secondary N) is 2. The molecule has 0 atom stereocenters. The Morgan fingerprint density at radius 3 is 2.20 bits per heavy atom. The number of halogens is 1. The third kappa shape index (κ3) is 4.89. The van der Waals surface area contributed by atoms with Crippen LogP contribution < -0.4 is 10.6 Å². The third-order valence-electron chi connectivity index (χ3n) is 4.58. The minimum absolute atomic E-state index is 0.0700. The van der Waals surface area contributed by atoms with Gasteiger partial charge in [0.15, 0.2) is 0 Å². The number of carbonyl (C=O) groups is 2. The van der Waals surface area contributed by atoms with Gasteiger partial charge < -0.3 is 10.6 Å². The monoisotopic (exact) mass is 424 g/mol. The highest BCUT2D eigenvalue weighted by Gasteiger charge is 2.21. The first kappa shape index (κ1) is 21.6. The zero-order chi connectivity index (χ0) is 21.8. The van der Waals surface area contributed by atoms with E-state index in [1.165, 1.54) is 0 Å². The lowest BCUT2D eigenvalue weighted by Crippen LogP contribution is -2.18. The highest BCUT2D eigenvalue weighted by Crippen LogP contribution is 2.25. The van der Waals surface area contributed by atoms with Crippen LogP contribution >= 0.6 is 11.6 Å². The molecule has 0 spiro atoms. The van der Waals surface area contributed by atoms with E-state index in [0.717, 1.165) is 11.4 Å². The van der Waals surface area contributed by atoms with Gasteiger partial charge in [-0.25, -0.2) is 4.68 Å². The summed E-state index contributed by atoms with van der Waals surface area (Å²) in [6.07, 6.45) is 1.57. The average Bonchev–Trinajstić information content (AvgIpc) is 3.14. The molecular weight excluding hydrogens is 400 g/mol. The first-order valence-corrected chi connectivity index (χ1v) is 10.2. The van der Waals surface area contributed by atoms with Crippen molar-refractivity contribution >= 4 is 34.8 Å². The van der Waals surface area contributed by atoms with Crippen molar-refractivity contribution in [3.63, 3.8) is 0 Å². The molecule has 7 heteroatoms. The lowest BCUT2D eigenvalue weighted by molar-refractivity contribution is -0.118. The molecule has 30 heavy (non-hydrogen) atoms. The number of rotatable bonds is 6. The molecule has 0 bridgehead atoms. The molecule has 1 aromatic heterocycles. The number of aromatic nitrogens is 2. The number of carbonyl (C=O) groups excluding carboxylic acids is 2. The summed E-state index contributed by atoms with van der Waals surface area (Å²) in [4.78, 5) is 24.9. The summed E-state index contributed by atoms with van der Waals surface area (Å²) >= 11 is 5.99. The second kappa shape index (κ2) is 9.13. The van der Waals surface area contributed by atoms with E-state index in [0.29, 0.717) is 22.0 Å². The van der Waals surface area contributed by atoms with Crippen molar-refractivity contribution in [2.45, 2.75) is 33.6 Å². The van der Waals surface area contributed by atoms with Gasteiger partial charge in [0.25, 0.3) is 5.91 Å². The van der Waals surface area contributed by atoms with Crippen molar-refractivity contribution < 1.29 is 9.59 Å². The van der Waals surface area contributed by atoms with E-state index in [9.17, 15) is 9.59 Å². The van der Waals surface area contributed by atoms with Gasteiger partial charge in [-0.2, -0.15) is 5.10 Å². The van der Waals surface area contributed by atoms with E-state index in [1.54, 1.807) is 47.3 Å². The van der Waals surface area contributed by atoms with E-state index < -0.39 is 0 Å². The zero-order valence-corrected chi connectivity index (χ0v) is 18.2. The maximum absolute atomic E-state index is 13.0. The molecule has 156 valence electrons. The molecule has 0 aliphatic rings. The van der Waals surface area contributed by atoms with Crippen molar-refractivity contribution in [1.29, 1.82) is 0 Å². The van der Waals surface area contributed by atoms with Gasteiger partial charge in [0.1, 0.15) is 0 Å². The number of anilines is 2. The molecule has 2 amide bonds. The summed E-state index contributed by atoms with van der Waals surface area (Å²) in [6, 6.07) is 14.4. The fourth-order valence-corrected chi connectivity index (χ4v) is 3.16. The standard InChI is InChI=1S/C23H25ClN4O2/c1-14(2)21-20(13-25-28(21)19-10-8-16(24)9-11-19)23(30)27-18-7-5-6-17(12-18)26-22(29)15(3)4/h5-15H,1-4H3,(H,26,29)(H,27,30). The highest BCUT2D eigenvalue weighted by atomic mass is 35.5. The summed E-state index contributed by atoms with van der Waals surface area (Å²) in [5.41, 5.74) is 3.36. The molecule has 0 unspecified atom stereocenters. The van der Waals surface area contributed by atoms with Crippen LogP contribution in [-0.4, -0.2) is 21.6 Å². The van der Waals surface area contributed by atoms with Gasteiger partial charge in [0.2, 0.25) is 5.91 Å². The smallest absolute Gasteiger partial charge is 0.259 e. The normalized spacial score (nSPS) is 11.0. The van der Waals surface area contributed by atoms with Crippen LogP contribution in [0.15, 0.2) is 54.7 Å². The second-order valence-corrected chi connectivity index (χ2v) is 8.10. The fraction of sp³-hybridized carbons (Fsp3) is 0.261. The summed E-state index contributed by atoms with van der Waals surface area (Å²) < 4.78 is 1.76. The minimum atomic E-state index is -0.258. The molecule has 0 aliphatic carbocycles. The Hall–Kier alpha value is -3.12. The summed E-state index contributed by atoms with van der Waals surface area (Å²) in [5.74, 6) is -0.396. The van der Waals surface area contributed by atoms with E-state index in [4.69, 9.17) is 11.6 Å². The molecule has 6 nitrogen and oxygen atoms in total. The molecular formula is C23H25ClN4O2. The van der Waals surface area contributed by atoms with Gasteiger partial charge in [0.05, 0.1) is 23.1 Å². The lowest BCUT2D eigenvalue weighted by Gasteiger charge is -2.14. The minimum Gasteiger partial charge on any atom is -0.326 e. The van der Waals surface area contributed by atoms with Gasteiger partial charge in [0, 0.05) is 22.3 Å². The Morgan fingerprint density at radius 2 is 1.60 bits per heavy atom. The molecule has 0 fully saturated rings. The Morgan fingerprint density at radius 1 is 0.967 bits per heavy atom. The van der Waals surface area contributed by atoms with E-state index in [-0.39, 0.29) is 23.7 Å². The third-order valence-corrected chi connectivity index (χ3v) is 4.83. The van der Waals surface area contributed by atoms with Crippen LogP contribution in [0.5, 0.6) is 0 Å². The summed E-state index contributed by atoms with van der Waals surface area (Å²) in [6.45, 7) is 7.68. The van der Waals surface area contributed by atoms with Crippen molar-refractivity contribution in [3.05, 3.63) is 71.0 Å². The molecule has 2 N–H and O–H groups in total. The Balaban J connectivity index is 1.86. The fourth-order valence-electron chi connectivity index (χ4n) is 3.04. The Kier molecular flexibility index (Phi) is 6.57. The van der Waals surface area contributed by atoms with Crippen molar-refractivity contribution in [1.82, 2.24) is 9.78 Å². The predicted octanol–water partition coefficient (Wildman–Crippen LogP) is 5.50. The van der Waals surface area contributed by atoms with Crippen LogP contribution in [0.25, 0.3) is 5.69 Å². The first-order chi connectivity index (χ1) is 14.3. The number of benzene rings is 2. The molecule has 0 aliphatic heterocycles. The van der Waals surface area contributed by atoms with Crippen molar-refractivity contribution in [2.75, 3.05) is 10.6 Å². The number of hydrogen-bond donors (Lipinski definition) is 2. The maximum Gasteiger partial charge on any atom is 0.259 e. The van der Waals surface area contributed by atoms with Crippen molar-refractivity contribution in [3.8, 4) is 5.69 Å². The van der Waals surface area contributed by atoms with Crippen LogP contribution in [0.2, 0.25) is 5.02 Å². The van der Waals surface area contributed by atoms with Crippen LogP contribution in [-0.2, 0) is 4.79 Å². The molecule has 0 radical (unpaired) electrons. The molecule has 0 saturated heterocycles. The highest BCUT2D eigenvalue weighted by molar-refractivity contribution is 6.30. The summed E-state index contributed by atoms with van der Waals surface area (Å²) in [5, 5.41) is 10.8. The van der Waals surface area contributed by atoms with Gasteiger partial charge in [-0.15, -0.1) is 0 Å². The van der Waals surface area contributed by atoms with E-state index in [1.807, 2.05) is 39.8 Å². The maximum atomic E-state index is 13.0. The molecule has 3 rings (SSSR count). The van der Waals surface area contributed by atoms with Gasteiger partial charge in [-0.1, -0.05) is 45.4 Å². The average molecular weight is 425 g/mol. The van der Waals surface area contributed by atoms with E-state index in [2.05, 4.69) is 15.7 Å². The molecule has 3 aromatic rings. The van der Waals surface area contributed by atoms with Crippen LogP contribution in [0.1, 0.15) is 49.7 Å². The number of hydrogen-bond acceptors (Lipinski definition) is 3. The lowest BCUT2D eigenvalue weighted by atomic mass is 10.0. The first-order valence-electron chi connectivity index (χ1n) is 9.82. The SMILES string of the molecule is CC(C)C(=O)Nc1cccc(NC(=O)c2cnn(-c3ccc(Cl)cc3)c2C(C)C)c1. The van der Waals surface area contributed by atoms with Crippen LogP contribution in [0.4, 0.5) is 11.4 Å². The van der Waals surface area contributed by atoms with Gasteiger partial charge in [-0.05, 0) is 48.4 Å². The largest absolute Gasteiger partial charge is 0.326 e. The van der Waals surface area contributed by atoms with Crippen molar-refractivity contribution in [2.24, 2.45) is 5.92 Å². The van der Waals surface area contributed by atoms with Crippen LogP contribution in [0, 0.1) is 5.92 Å². The molecule has 1 heterocycles. The number of nitrogens with zero attached hydrogens (tertiary/aromatic N) is 2. The Labute approximate surface area is 181 Å². The second-order valence-electron chi connectivity index (χ2n) is 7.67.